The van der Waals surface area contributed by atoms with Crippen molar-refractivity contribution in [1.29, 1.82) is 0 Å². The molecule has 0 bridgehead atoms. The first-order valence-electron chi connectivity index (χ1n) is 13.7. The van der Waals surface area contributed by atoms with E-state index in [0.717, 1.165) is 0 Å². The number of nitrogens with two attached hydrogens (primary N) is 1. The number of halogens is 6. The Balaban J connectivity index is 1.35. The monoisotopic (exact) mass is 656 g/mol. The number of anilines is 1. The fourth-order valence-electron chi connectivity index (χ4n) is 4.52. The first-order valence-corrected chi connectivity index (χ1v) is 14.1. The molecule has 0 saturated carbocycles. The molecule has 0 radical (unpaired) electrons. The highest BCUT2D eigenvalue weighted by molar-refractivity contribution is 6.34. The number of para-hydroxylation sites is 1. The molecular weight excluding hydrogens is 627 g/mol. The largest absolute Gasteiger partial charge is 0.489 e. The summed E-state index contributed by atoms with van der Waals surface area (Å²) in [7, 11) is 0. The molecular formula is C30H30ClF5N4O5. The average molecular weight is 657 g/mol. The maximum absolute atomic E-state index is 13.6. The lowest BCUT2D eigenvalue weighted by Crippen LogP contribution is -2.51. The molecule has 0 aliphatic carbocycles. The SMILES string of the molecule is N[C@H](C(=O)Nc1c(Cl)cccc1OC[C@@H]1CN[C@H](COC(=O)NCC(F)(F)F)CO1)C(c1ccc(F)cc1)c1ccc(F)cc1. The fourth-order valence-corrected chi connectivity index (χ4v) is 4.73. The van der Waals surface area contributed by atoms with E-state index in [9.17, 15) is 31.5 Å². The zero-order chi connectivity index (χ0) is 32.6. The number of carbonyl (C=O) groups is 2. The van der Waals surface area contributed by atoms with Crippen LogP contribution >= 0.6 is 11.6 Å². The third-order valence-corrected chi connectivity index (χ3v) is 7.10. The zero-order valence-corrected chi connectivity index (χ0v) is 24.3. The van der Waals surface area contributed by atoms with Crippen LogP contribution in [0, 0.1) is 11.6 Å². The van der Waals surface area contributed by atoms with Crippen molar-refractivity contribution in [1.82, 2.24) is 10.6 Å². The maximum Gasteiger partial charge on any atom is 0.407 e. The molecule has 0 spiro atoms. The normalized spacial score (nSPS) is 17.4. The minimum Gasteiger partial charge on any atom is -0.489 e. The van der Waals surface area contributed by atoms with Gasteiger partial charge >= 0.3 is 12.3 Å². The van der Waals surface area contributed by atoms with Gasteiger partial charge < -0.3 is 35.9 Å². The lowest BCUT2D eigenvalue weighted by atomic mass is 9.85. The number of nitrogens with one attached hydrogen (secondary N) is 3. The average Bonchev–Trinajstić information content (AvgIpc) is 3.01. The summed E-state index contributed by atoms with van der Waals surface area (Å²) >= 11 is 6.40. The van der Waals surface area contributed by atoms with Gasteiger partial charge in [-0.25, -0.2) is 13.6 Å². The van der Waals surface area contributed by atoms with Crippen molar-refractivity contribution in [3.63, 3.8) is 0 Å². The Morgan fingerprint density at radius 1 is 1.00 bits per heavy atom. The molecule has 1 aliphatic heterocycles. The van der Waals surface area contributed by atoms with Crippen LogP contribution in [0.1, 0.15) is 17.0 Å². The molecule has 2 amide bonds. The molecule has 242 valence electrons. The van der Waals surface area contributed by atoms with Crippen LogP contribution in [0.3, 0.4) is 0 Å². The van der Waals surface area contributed by atoms with Gasteiger partial charge in [0.25, 0.3) is 0 Å². The van der Waals surface area contributed by atoms with Gasteiger partial charge in [0.15, 0.2) is 0 Å². The molecule has 5 N–H and O–H groups in total. The second-order valence-electron chi connectivity index (χ2n) is 10.1. The Kier molecular flexibility index (Phi) is 11.6. The van der Waals surface area contributed by atoms with Crippen molar-refractivity contribution in [3.05, 3.63) is 94.5 Å². The van der Waals surface area contributed by atoms with Crippen LogP contribution in [0.4, 0.5) is 32.4 Å². The lowest BCUT2D eigenvalue weighted by Gasteiger charge is -2.30. The summed E-state index contributed by atoms with van der Waals surface area (Å²) in [5.41, 5.74) is 7.66. The number of hydrogen-bond acceptors (Lipinski definition) is 7. The molecule has 9 nitrogen and oxygen atoms in total. The number of benzene rings is 3. The number of alkyl halides is 3. The van der Waals surface area contributed by atoms with Crippen molar-refractivity contribution < 1.29 is 45.8 Å². The molecule has 3 aromatic rings. The van der Waals surface area contributed by atoms with Gasteiger partial charge in [0, 0.05) is 12.5 Å². The van der Waals surface area contributed by atoms with E-state index >= 15 is 0 Å². The van der Waals surface area contributed by atoms with E-state index in [1.54, 1.807) is 23.5 Å². The van der Waals surface area contributed by atoms with Crippen LogP contribution in [0.25, 0.3) is 0 Å². The van der Waals surface area contributed by atoms with Crippen LogP contribution in [0.15, 0.2) is 66.7 Å². The summed E-state index contributed by atoms with van der Waals surface area (Å²) in [4.78, 5) is 24.9. The molecule has 1 heterocycles. The topological polar surface area (TPSA) is 124 Å². The molecule has 3 atom stereocenters. The van der Waals surface area contributed by atoms with Crippen LogP contribution < -0.4 is 26.4 Å². The number of carbonyl (C=O) groups excluding carboxylic acids is 2. The van der Waals surface area contributed by atoms with E-state index < -0.39 is 60.5 Å². The van der Waals surface area contributed by atoms with E-state index in [4.69, 9.17) is 31.5 Å². The first kappa shape index (κ1) is 33.9. The Bertz CT molecular complexity index is 1390. The molecule has 4 rings (SSSR count). The smallest absolute Gasteiger partial charge is 0.407 e. The minimum absolute atomic E-state index is 0.0235. The van der Waals surface area contributed by atoms with E-state index in [1.807, 2.05) is 0 Å². The van der Waals surface area contributed by atoms with Gasteiger partial charge in [0.2, 0.25) is 5.91 Å². The third kappa shape index (κ3) is 10.0. The molecule has 15 heteroatoms. The summed E-state index contributed by atoms with van der Waals surface area (Å²) in [5, 5.41) is 7.56. The number of amides is 2. The Morgan fingerprint density at radius 3 is 2.18 bits per heavy atom. The zero-order valence-electron chi connectivity index (χ0n) is 23.6. The molecule has 0 unspecified atom stereocenters. The standard InChI is InChI=1S/C30H30ClF5N4O5/c31-23-2-1-3-24(44-15-22-12-38-21(13-43-22)14-45-29(42)39-16-30(34,35)36)27(23)40-28(41)26(37)25(17-4-8-19(32)9-5-17)18-6-10-20(33)11-7-18/h1-11,21-22,25-26,38H,12-16,37H2,(H,39,42)(H,40,41)/t21-,22-,26-/m0/s1. The number of morpholine rings is 1. The number of ether oxygens (including phenoxy) is 3. The van der Waals surface area contributed by atoms with Crippen LogP contribution in [-0.4, -0.2) is 69.3 Å². The highest BCUT2D eigenvalue weighted by atomic mass is 35.5. The fraction of sp³-hybridized carbons (Fsp3) is 0.333. The van der Waals surface area contributed by atoms with Crippen molar-refractivity contribution in [2.24, 2.45) is 5.73 Å². The van der Waals surface area contributed by atoms with Crippen LogP contribution in [0.2, 0.25) is 5.02 Å². The van der Waals surface area contributed by atoms with Gasteiger partial charge in [0.05, 0.1) is 23.7 Å². The molecule has 0 aromatic heterocycles. The summed E-state index contributed by atoms with van der Waals surface area (Å²) in [6.45, 7) is -1.33. The van der Waals surface area contributed by atoms with E-state index in [1.165, 1.54) is 48.5 Å². The lowest BCUT2D eigenvalue weighted by molar-refractivity contribution is -0.124. The van der Waals surface area contributed by atoms with Gasteiger partial charge in [-0.05, 0) is 47.5 Å². The molecule has 1 saturated heterocycles. The highest BCUT2D eigenvalue weighted by Crippen LogP contribution is 2.34. The quantitative estimate of drug-likeness (QED) is 0.220. The Labute approximate surface area is 260 Å². The van der Waals surface area contributed by atoms with Crippen molar-refractivity contribution in [2.45, 2.75) is 30.3 Å². The van der Waals surface area contributed by atoms with E-state index in [2.05, 4.69) is 10.6 Å². The summed E-state index contributed by atoms with van der Waals surface area (Å²) < 4.78 is 80.3. The van der Waals surface area contributed by atoms with Crippen molar-refractivity contribution in [2.75, 3.05) is 38.2 Å². The highest BCUT2D eigenvalue weighted by Gasteiger charge is 2.30. The second kappa shape index (κ2) is 15.3. The van der Waals surface area contributed by atoms with Gasteiger partial charge in [0.1, 0.15) is 48.9 Å². The molecule has 1 aliphatic rings. The van der Waals surface area contributed by atoms with E-state index in [-0.39, 0.29) is 42.8 Å². The van der Waals surface area contributed by atoms with Crippen molar-refractivity contribution in [3.8, 4) is 5.75 Å². The van der Waals surface area contributed by atoms with Crippen LogP contribution in [0.5, 0.6) is 5.75 Å². The maximum atomic E-state index is 13.6. The number of rotatable bonds is 11. The summed E-state index contributed by atoms with van der Waals surface area (Å²) in [5.74, 6) is -2.11. The minimum atomic E-state index is -4.55. The second-order valence-corrected chi connectivity index (χ2v) is 10.6. The molecule has 1 fully saturated rings. The van der Waals surface area contributed by atoms with Gasteiger partial charge in [-0.1, -0.05) is 41.9 Å². The Morgan fingerprint density at radius 2 is 1.62 bits per heavy atom. The number of alkyl carbamates (subject to hydrolysis) is 1. The van der Waals surface area contributed by atoms with Gasteiger partial charge in [-0.3, -0.25) is 4.79 Å². The summed E-state index contributed by atoms with van der Waals surface area (Å²) in [6, 6.07) is 14.0. The number of hydrogen-bond donors (Lipinski definition) is 4. The van der Waals surface area contributed by atoms with Crippen LogP contribution in [-0.2, 0) is 14.3 Å². The molecule has 3 aromatic carbocycles. The molecule has 45 heavy (non-hydrogen) atoms. The predicted molar refractivity (Wildman–Crippen MR) is 155 cm³/mol. The van der Waals surface area contributed by atoms with Gasteiger partial charge in [-0.15, -0.1) is 0 Å². The van der Waals surface area contributed by atoms with Crippen molar-refractivity contribution >= 4 is 29.3 Å². The Hall–Kier alpha value is -3.98. The summed E-state index contributed by atoms with van der Waals surface area (Å²) in [6.07, 6.45) is -6.21. The third-order valence-electron chi connectivity index (χ3n) is 6.78. The first-order chi connectivity index (χ1) is 21.4. The van der Waals surface area contributed by atoms with Gasteiger partial charge in [-0.2, -0.15) is 13.2 Å². The van der Waals surface area contributed by atoms with E-state index in [0.29, 0.717) is 11.1 Å². The predicted octanol–water partition coefficient (Wildman–Crippen LogP) is 4.74.